The molecule has 10 nitrogen and oxygen atoms in total. The second-order valence-corrected chi connectivity index (χ2v) is 33.7. The van der Waals surface area contributed by atoms with Gasteiger partial charge in [-0.2, -0.15) is 0 Å². The molecule has 604 valence electrons. The van der Waals surface area contributed by atoms with E-state index in [2.05, 4.69) is 123 Å². The number of benzene rings is 9. The number of hydrogen-bond donors (Lipinski definition) is 2. The molecule has 1 heterocycles. The highest BCUT2D eigenvalue weighted by molar-refractivity contribution is 6.41. The summed E-state index contributed by atoms with van der Waals surface area (Å²) in [6.45, 7) is 72.8. The molecule has 1 unspecified atom stereocenters. The number of ether oxygens (including phenoxy) is 1. The Morgan fingerprint density at radius 2 is 0.635 bits per heavy atom. The molecule has 10 rings (SSSR count). The van der Waals surface area contributed by atoms with Crippen molar-refractivity contribution >= 4 is 52.0 Å². The Morgan fingerprint density at radius 1 is 0.330 bits per heavy atom. The quantitative estimate of drug-likeness (QED) is 0.0311. The van der Waals surface area contributed by atoms with Crippen LogP contribution < -0.4 is 5.11 Å². The molecule has 115 heavy (non-hydrogen) atoms. The first kappa shape index (κ1) is 90.1. The second kappa shape index (κ2) is 34.2. The summed E-state index contributed by atoms with van der Waals surface area (Å²) in [5.74, 6) is -6.36. The number of allylic oxidation sites excluding steroid dienone is 2. The summed E-state index contributed by atoms with van der Waals surface area (Å²) in [7, 11) is 0. The third-order valence-corrected chi connectivity index (χ3v) is 28.0. The van der Waals surface area contributed by atoms with E-state index in [1.807, 2.05) is 163 Å². The molecule has 9 aromatic rings. The first-order valence-electron chi connectivity index (χ1n) is 40.1. The summed E-state index contributed by atoms with van der Waals surface area (Å²) < 4.78 is 6.03. The monoisotopic (exact) mass is 1540 g/mol. The third-order valence-electron chi connectivity index (χ3n) is 28.0. The molecule has 1 aliphatic rings. The number of Topliss-reactive ketones (excluding diaryl/α,β-unsaturated/α-hetero) is 3. The molecule has 0 radical (unpaired) electrons. The van der Waals surface area contributed by atoms with Crippen LogP contribution in [0.15, 0.2) is 71.3 Å². The standard InChI is InChI=1S/C35H40O4.2C35H42O3/c1-16-13-28(14-17(2)19(16)4)31(35(38)39)32(33(36)29-15-18(3)20(5)21(6)25(29)10)34(37)30-26(11)23(8)22(7)24(9)27(30)12;1-17-13-29(14-18(2)20(17)4)33-32(16-30-26(10)24(8)23(7)25(9)27(30)11)35(37,38-34(33)36)31-15-19(3)21(5)22(6)28(31)12;1-17-13-29(14-18(2)20(17)4)33(35(37)38)32(16-30-26(10)24(8)23(7)25(9)27(30)11)34(36)31-15-19(3)21(5)22(6)28(31)12/h13-15H,1-12H3,(H,38,39);13-15,37H,16H2,1-12H3;13-15H,16H2,1-12H3,(H,37,38)/p-1/b32-31+;;33-32+. The van der Waals surface area contributed by atoms with Crippen LogP contribution >= 0.6 is 0 Å². The molecule has 0 saturated carbocycles. The van der Waals surface area contributed by atoms with E-state index in [-0.39, 0.29) is 28.9 Å². The lowest BCUT2D eigenvalue weighted by molar-refractivity contribution is -0.295. The fraction of sp³-hybridized carbons (Fsp3) is 0.371. The highest BCUT2D eigenvalue weighted by Gasteiger charge is 2.50. The van der Waals surface area contributed by atoms with Gasteiger partial charge in [0, 0.05) is 51.8 Å². The zero-order valence-electron chi connectivity index (χ0n) is 75.8. The Labute approximate surface area is 686 Å². The highest BCUT2D eigenvalue weighted by Crippen LogP contribution is 2.49. The molecular formula is C105H123O10-. The van der Waals surface area contributed by atoms with Crippen molar-refractivity contribution in [2.45, 2.75) is 268 Å². The molecule has 0 amide bonds. The Bertz CT molecular complexity index is 5660. The maximum absolute atomic E-state index is 14.6. The number of aliphatic carboxylic acids is 2. The van der Waals surface area contributed by atoms with Crippen LogP contribution in [0.3, 0.4) is 0 Å². The van der Waals surface area contributed by atoms with Crippen molar-refractivity contribution in [2.75, 3.05) is 0 Å². The summed E-state index contributed by atoms with van der Waals surface area (Å²) >= 11 is 0. The van der Waals surface area contributed by atoms with E-state index in [4.69, 9.17) is 4.74 Å². The Morgan fingerprint density at radius 3 is 1.01 bits per heavy atom. The fourth-order valence-corrected chi connectivity index (χ4v) is 17.0. The summed E-state index contributed by atoms with van der Waals surface area (Å²) in [6, 6.07) is 17.0. The van der Waals surface area contributed by atoms with Gasteiger partial charge in [0.05, 0.1) is 22.7 Å². The van der Waals surface area contributed by atoms with Gasteiger partial charge in [-0.1, -0.05) is 36.4 Å². The minimum atomic E-state index is -1.85. The Balaban J connectivity index is 0.000000216. The first-order valence-corrected chi connectivity index (χ1v) is 40.1. The molecule has 10 heteroatoms. The van der Waals surface area contributed by atoms with Gasteiger partial charge < -0.3 is 24.9 Å². The van der Waals surface area contributed by atoms with Crippen LogP contribution in [-0.2, 0) is 37.7 Å². The smallest absolute Gasteiger partial charge is 0.342 e. The molecule has 0 bridgehead atoms. The van der Waals surface area contributed by atoms with Crippen LogP contribution in [-0.4, -0.2) is 45.5 Å². The summed E-state index contributed by atoms with van der Waals surface area (Å²) in [6.07, 6.45) is 0.687. The SMILES string of the molecule is Cc1cc(/C(C(=O)O)=C(/Cc2c(C)c(C)c(C)c(C)c2C)C(=O)c2cc(C)c(C)c(C)c2C)cc(C)c1C.Cc1cc(/C(C(=O)[O-])=C(/C(=O)c2cc(C)c(C)c(C)c2C)C(=O)c2c(C)c(C)c(C)c(C)c2C)cc(C)c1C.Cc1cc(C2=C(Cc3c(C)c(C)c(C)c(C)c3C)C(O)(c3cc(C)c(C)c(C)c3C)OC2=O)cc(C)c1C. The number of esters is 1. The van der Waals surface area contributed by atoms with E-state index in [0.29, 0.717) is 56.5 Å². The predicted molar refractivity (Wildman–Crippen MR) is 472 cm³/mol. The van der Waals surface area contributed by atoms with Gasteiger partial charge in [-0.15, -0.1) is 0 Å². The van der Waals surface area contributed by atoms with Gasteiger partial charge in [-0.05, 0) is 496 Å². The van der Waals surface area contributed by atoms with E-state index in [0.717, 1.165) is 161 Å². The topological polar surface area (TPSA) is 175 Å². The fourth-order valence-electron chi connectivity index (χ4n) is 17.0. The van der Waals surface area contributed by atoms with E-state index >= 15 is 0 Å². The number of carboxylic acid groups (broad SMARTS) is 2. The van der Waals surface area contributed by atoms with Crippen molar-refractivity contribution in [2.24, 2.45) is 0 Å². The lowest BCUT2D eigenvalue weighted by atomic mass is 9.80. The largest absolute Gasteiger partial charge is 0.545 e. The minimum Gasteiger partial charge on any atom is -0.545 e. The van der Waals surface area contributed by atoms with Crippen molar-refractivity contribution in [3.05, 3.63) is 322 Å². The normalized spacial score (nSPS) is 13.8. The highest BCUT2D eigenvalue weighted by atomic mass is 16.7. The zero-order chi connectivity index (χ0) is 86.9. The van der Waals surface area contributed by atoms with Gasteiger partial charge in [0.2, 0.25) is 0 Å². The van der Waals surface area contributed by atoms with Crippen molar-refractivity contribution in [1.29, 1.82) is 0 Å². The van der Waals surface area contributed by atoms with Gasteiger partial charge in [0.15, 0.2) is 17.3 Å². The molecule has 9 aromatic carbocycles. The predicted octanol–water partition coefficient (Wildman–Crippen LogP) is 22.8. The van der Waals surface area contributed by atoms with Crippen molar-refractivity contribution in [3.8, 4) is 0 Å². The van der Waals surface area contributed by atoms with Crippen LogP contribution in [0.1, 0.15) is 265 Å². The zero-order valence-corrected chi connectivity index (χ0v) is 75.8. The second-order valence-electron chi connectivity index (χ2n) is 33.7. The van der Waals surface area contributed by atoms with E-state index in [1.165, 1.54) is 55.6 Å². The third kappa shape index (κ3) is 16.5. The van der Waals surface area contributed by atoms with Gasteiger partial charge in [-0.3, -0.25) is 14.4 Å². The van der Waals surface area contributed by atoms with E-state index < -0.39 is 35.3 Å². The number of rotatable bonds is 16. The van der Waals surface area contributed by atoms with Crippen molar-refractivity contribution in [1.82, 2.24) is 0 Å². The minimum absolute atomic E-state index is 0.0890. The molecule has 2 N–H and O–H groups in total. The van der Waals surface area contributed by atoms with Crippen molar-refractivity contribution < 1.29 is 48.8 Å². The van der Waals surface area contributed by atoms with Gasteiger partial charge >= 0.3 is 11.9 Å². The number of aliphatic hydroxyl groups is 1. The molecule has 1 aliphatic heterocycles. The molecule has 0 aliphatic carbocycles. The number of carboxylic acids is 2. The average Bonchev–Trinajstić information content (AvgIpc) is 1.60. The number of ketones is 3. The van der Waals surface area contributed by atoms with E-state index in [9.17, 15) is 44.1 Å². The number of carbonyl (C=O) groups is 6. The summed E-state index contributed by atoms with van der Waals surface area (Å²) in [5, 5.41) is 36.0. The van der Waals surface area contributed by atoms with Crippen LogP contribution in [0.4, 0.5) is 0 Å². The van der Waals surface area contributed by atoms with Gasteiger partial charge in [0.25, 0.3) is 5.79 Å². The van der Waals surface area contributed by atoms with Crippen molar-refractivity contribution in [3.63, 3.8) is 0 Å². The lowest BCUT2D eigenvalue weighted by Gasteiger charge is -2.30. The summed E-state index contributed by atoms with van der Waals surface area (Å²) in [5.41, 5.74) is 44.5. The molecular weight excluding hydrogens is 1420 g/mol. The Hall–Kier alpha value is -10.4. The molecule has 0 spiro atoms. The number of cyclic esters (lactones) is 1. The van der Waals surface area contributed by atoms with Crippen LogP contribution in [0.2, 0.25) is 0 Å². The number of aryl methyl sites for hydroxylation is 9. The van der Waals surface area contributed by atoms with E-state index in [1.54, 1.807) is 18.2 Å². The van der Waals surface area contributed by atoms with Crippen LogP contribution in [0.5, 0.6) is 0 Å². The molecule has 0 aromatic heterocycles. The lowest BCUT2D eigenvalue weighted by Crippen LogP contribution is -2.31. The molecule has 0 fully saturated rings. The number of carbonyl (C=O) groups excluding carboxylic acids is 5. The molecule has 1 atom stereocenters. The van der Waals surface area contributed by atoms with Crippen LogP contribution in [0, 0.1) is 249 Å². The molecule has 0 saturated heterocycles. The van der Waals surface area contributed by atoms with Crippen LogP contribution in [0.25, 0.3) is 16.7 Å². The number of hydrogen-bond acceptors (Lipinski definition) is 9. The van der Waals surface area contributed by atoms with Gasteiger partial charge in [-0.25, -0.2) is 9.59 Å². The maximum Gasteiger partial charge on any atom is 0.342 e. The van der Waals surface area contributed by atoms with Gasteiger partial charge in [0.1, 0.15) is 0 Å². The average molecular weight is 1550 g/mol. The summed E-state index contributed by atoms with van der Waals surface area (Å²) in [4.78, 5) is 83.1. The first-order chi connectivity index (χ1) is 53.2. The Kier molecular flexibility index (Phi) is 26.8. The maximum atomic E-state index is 14.6.